The highest BCUT2D eigenvalue weighted by Crippen LogP contribution is 2.57. The predicted octanol–water partition coefficient (Wildman–Crippen LogP) is 1.13. The van der Waals surface area contributed by atoms with Gasteiger partial charge >= 0.3 is 5.97 Å². The Bertz CT molecular complexity index is 905. The average molecular weight is 513 g/mol. The van der Waals surface area contributed by atoms with E-state index in [1.807, 2.05) is 20.8 Å². The number of fused-ring (bicyclic) bond motifs is 3. The number of aliphatic hydroxyl groups is 5. The smallest absolute Gasteiger partial charge is 0.335 e. The highest BCUT2D eigenvalue weighted by molar-refractivity contribution is 5.92. The fraction of sp³-hybridized carbons (Fsp3) is 0.852. The van der Waals surface area contributed by atoms with Crippen molar-refractivity contribution in [3.63, 3.8) is 0 Å². The van der Waals surface area contributed by atoms with E-state index in [1.165, 1.54) is 0 Å². The SMILES string of the molecule is C/C1=C(/C(C)(C)C)C(O)C(=O)[C@]2(C)C(O)CC3OC[C@@]3(O)C2C(C)C(O)CC1OC(=O)C(O)C(C)C. The number of hydrogen-bond donors (Lipinski definition) is 5. The van der Waals surface area contributed by atoms with Crippen LogP contribution in [0, 0.1) is 28.6 Å². The number of ether oxygens (including phenoxy) is 2. The van der Waals surface area contributed by atoms with Crippen LogP contribution >= 0.6 is 0 Å². The third kappa shape index (κ3) is 4.56. The van der Waals surface area contributed by atoms with Crippen LogP contribution in [0.1, 0.15) is 68.2 Å². The molecule has 0 aromatic rings. The summed E-state index contributed by atoms with van der Waals surface area (Å²) < 4.78 is 11.2. The van der Waals surface area contributed by atoms with Crippen LogP contribution in [0.3, 0.4) is 0 Å². The maximum Gasteiger partial charge on any atom is 0.335 e. The fourth-order valence-corrected chi connectivity index (χ4v) is 6.69. The third-order valence-corrected chi connectivity index (χ3v) is 8.88. The first kappa shape index (κ1) is 29.2. The molecule has 2 fully saturated rings. The molecule has 8 unspecified atom stereocenters. The maximum atomic E-state index is 14.1. The van der Waals surface area contributed by atoms with Gasteiger partial charge in [0.05, 0.1) is 30.3 Å². The van der Waals surface area contributed by atoms with Gasteiger partial charge in [0, 0.05) is 18.8 Å². The van der Waals surface area contributed by atoms with Crippen molar-refractivity contribution in [2.24, 2.45) is 28.6 Å². The molecule has 36 heavy (non-hydrogen) atoms. The van der Waals surface area contributed by atoms with Crippen LogP contribution in [-0.2, 0) is 19.1 Å². The Kier molecular flexibility index (Phi) is 7.91. The summed E-state index contributed by atoms with van der Waals surface area (Å²) >= 11 is 0. The van der Waals surface area contributed by atoms with Gasteiger partial charge in [-0.3, -0.25) is 4.79 Å². The van der Waals surface area contributed by atoms with Crippen LogP contribution < -0.4 is 0 Å². The van der Waals surface area contributed by atoms with Gasteiger partial charge in [-0.2, -0.15) is 0 Å². The lowest BCUT2D eigenvalue weighted by atomic mass is 9.49. The van der Waals surface area contributed by atoms with Crippen LogP contribution in [0.25, 0.3) is 0 Å². The van der Waals surface area contributed by atoms with E-state index in [4.69, 9.17) is 9.47 Å². The van der Waals surface area contributed by atoms with Gasteiger partial charge in [0.1, 0.15) is 17.8 Å². The molecule has 0 radical (unpaired) electrons. The summed E-state index contributed by atoms with van der Waals surface area (Å²) in [5, 5.41) is 56.0. The lowest BCUT2D eigenvalue weighted by molar-refractivity contribution is -0.325. The summed E-state index contributed by atoms with van der Waals surface area (Å²) in [6, 6.07) is 0. The zero-order valence-corrected chi connectivity index (χ0v) is 22.7. The van der Waals surface area contributed by atoms with Crippen molar-refractivity contribution in [3.8, 4) is 0 Å². The maximum absolute atomic E-state index is 14.1. The normalized spacial score (nSPS) is 44.8. The minimum atomic E-state index is -1.65. The molecule has 0 spiro atoms. The van der Waals surface area contributed by atoms with Gasteiger partial charge < -0.3 is 35.0 Å². The summed E-state index contributed by atoms with van der Waals surface area (Å²) in [6.07, 6.45) is -7.13. The van der Waals surface area contributed by atoms with E-state index in [-0.39, 0.29) is 19.4 Å². The van der Waals surface area contributed by atoms with Crippen molar-refractivity contribution >= 4 is 11.8 Å². The molecule has 3 aliphatic rings. The molecule has 1 aliphatic heterocycles. The van der Waals surface area contributed by atoms with Crippen molar-refractivity contribution in [3.05, 3.63) is 11.1 Å². The number of hydrogen-bond acceptors (Lipinski definition) is 9. The molecule has 5 N–H and O–H groups in total. The zero-order chi connectivity index (χ0) is 27.5. The summed E-state index contributed by atoms with van der Waals surface area (Å²) in [5.74, 6) is -3.56. The number of aliphatic hydroxyl groups excluding tert-OH is 4. The van der Waals surface area contributed by atoms with Gasteiger partial charge in [-0.15, -0.1) is 0 Å². The van der Waals surface area contributed by atoms with Crippen LogP contribution in [0.2, 0.25) is 0 Å². The highest BCUT2D eigenvalue weighted by Gasteiger charge is 2.69. The molecular formula is C27H44O9. The number of Topliss-reactive ketones (excluding diaryl/α,β-unsaturated/α-hetero) is 1. The molecule has 0 aromatic heterocycles. The molecule has 0 amide bonds. The van der Waals surface area contributed by atoms with Gasteiger partial charge in [-0.1, -0.05) is 41.5 Å². The van der Waals surface area contributed by atoms with Crippen molar-refractivity contribution < 1.29 is 44.6 Å². The summed E-state index contributed by atoms with van der Waals surface area (Å²) in [4.78, 5) is 26.8. The van der Waals surface area contributed by atoms with Crippen LogP contribution in [0.5, 0.6) is 0 Å². The van der Waals surface area contributed by atoms with Gasteiger partial charge in [0.25, 0.3) is 0 Å². The van der Waals surface area contributed by atoms with Gasteiger partial charge in [-0.05, 0) is 42.2 Å². The van der Waals surface area contributed by atoms with E-state index in [1.54, 1.807) is 34.6 Å². The molecule has 1 saturated carbocycles. The Morgan fingerprint density at radius 2 is 1.75 bits per heavy atom. The molecule has 1 saturated heterocycles. The number of carbonyl (C=O) groups is 2. The van der Waals surface area contributed by atoms with E-state index in [0.717, 1.165) is 0 Å². The second-order valence-electron chi connectivity index (χ2n) is 12.7. The summed E-state index contributed by atoms with van der Waals surface area (Å²) in [7, 11) is 0. The van der Waals surface area contributed by atoms with Crippen LogP contribution in [-0.4, -0.2) is 86.1 Å². The molecule has 9 nitrogen and oxygen atoms in total. The van der Waals surface area contributed by atoms with Crippen molar-refractivity contribution in [2.45, 2.75) is 110 Å². The van der Waals surface area contributed by atoms with Gasteiger partial charge in [-0.25, -0.2) is 4.79 Å². The number of rotatable bonds is 3. The van der Waals surface area contributed by atoms with E-state index in [0.29, 0.717) is 11.1 Å². The molecular weight excluding hydrogens is 468 g/mol. The highest BCUT2D eigenvalue weighted by atomic mass is 16.6. The standard InChI is InChI=1S/C27H44O9/c1-12(2)20(30)24(33)36-16-9-15(28)13(3)22-26(8,17(29)10-18-27(22,34)11-35-18)23(32)21(31)19(14(16)4)25(5,6)7/h12-13,15-18,20-22,28-31,34H,9-11H2,1-8H3/b19-14-/t13?,15?,16?,17?,18?,20?,21?,22?,26-,27+/m1/s1. The van der Waals surface area contributed by atoms with E-state index >= 15 is 0 Å². The molecule has 9 heteroatoms. The van der Waals surface area contributed by atoms with Crippen LogP contribution in [0.15, 0.2) is 11.1 Å². The number of ketones is 1. The first-order chi connectivity index (χ1) is 16.4. The van der Waals surface area contributed by atoms with E-state index in [9.17, 15) is 35.1 Å². The van der Waals surface area contributed by atoms with Gasteiger partial charge in [0.2, 0.25) is 0 Å². The summed E-state index contributed by atoms with van der Waals surface area (Å²) in [5.41, 5.74) is -3.06. The third-order valence-electron chi connectivity index (χ3n) is 8.88. The molecule has 0 bridgehead atoms. The minimum absolute atomic E-state index is 0.0334. The average Bonchev–Trinajstić information content (AvgIpc) is 2.77. The number of carbonyl (C=O) groups excluding carboxylic acids is 2. The lowest BCUT2D eigenvalue weighted by Gasteiger charge is -2.63. The first-order valence-corrected chi connectivity index (χ1v) is 12.9. The van der Waals surface area contributed by atoms with E-state index < -0.39 is 82.6 Å². The van der Waals surface area contributed by atoms with Crippen LogP contribution in [0.4, 0.5) is 0 Å². The molecule has 10 atom stereocenters. The Balaban J connectivity index is 2.20. The molecule has 3 rings (SSSR count). The molecule has 2 aliphatic carbocycles. The summed E-state index contributed by atoms with van der Waals surface area (Å²) in [6.45, 7) is 13.6. The minimum Gasteiger partial charge on any atom is -0.456 e. The Morgan fingerprint density at radius 3 is 2.22 bits per heavy atom. The largest absolute Gasteiger partial charge is 0.456 e. The van der Waals surface area contributed by atoms with Gasteiger partial charge in [0.15, 0.2) is 11.9 Å². The molecule has 0 aromatic carbocycles. The fourth-order valence-electron chi connectivity index (χ4n) is 6.69. The monoisotopic (exact) mass is 512 g/mol. The predicted molar refractivity (Wildman–Crippen MR) is 131 cm³/mol. The second-order valence-corrected chi connectivity index (χ2v) is 12.7. The first-order valence-electron chi connectivity index (χ1n) is 12.9. The van der Waals surface area contributed by atoms with E-state index in [2.05, 4.69) is 0 Å². The molecule has 206 valence electrons. The zero-order valence-electron chi connectivity index (χ0n) is 22.7. The number of esters is 1. The quantitative estimate of drug-likeness (QED) is 0.276. The van der Waals surface area contributed by atoms with Crippen molar-refractivity contribution in [1.82, 2.24) is 0 Å². The van der Waals surface area contributed by atoms with Crippen molar-refractivity contribution in [1.29, 1.82) is 0 Å². The van der Waals surface area contributed by atoms with Crippen molar-refractivity contribution in [2.75, 3.05) is 6.61 Å². The Labute approximate surface area is 213 Å². The topological polar surface area (TPSA) is 154 Å². The lowest BCUT2D eigenvalue weighted by Crippen LogP contribution is -2.76. The Morgan fingerprint density at radius 1 is 1.17 bits per heavy atom. The second kappa shape index (κ2) is 9.75. The Hall–Kier alpha value is -1.36. The molecule has 1 heterocycles.